The smallest absolute Gasteiger partial charge is 0.325 e. The molecule has 0 aliphatic heterocycles. The van der Waals surface area contributed by atoms with E-state index in [9.17, 15) is 22.8 Å². The van der Waals surface area contributed by atoms with Crippen LogP contribution in [0.5, 0.6) is 0 Å². The Bertz CT molecular complexity index is 494. The van der Waals surface area contributed by atoms with Gasteiger partial charge in [0.1, 0.15) is 12.4 Å². The normalized spacial score (nSPS) is 9.89. The molecule has 8 heteroatoms. The minimum atomic E-state index is -1.37. The maximum absolute atomic E-state index is 13.2. The molecule has 0 saturated heterocycles. The Morgan fingerprint density at radius 1 is 1.16 bits per heavy atom. The summed E-state index contributed by atoms with van der Waals surface area (Å²) in [5, 5.41) is 4.01. The number of carbonyl (C=O) groups is 2. The summed E-state index contributed by atoms with van der Waals surface area (Å²) in [5.41, 5.74) is -0.541. The molecule has 0 aliphatic carbocycles. The Morgan fingerprint density at radius 2 is 1.79 bits per heavy atom. The second-order valence-electron chi connectivity index (χ2n) is 3.36. The van der Waals surface area contributed by atoms with Crippen molar-refractivity contribution in [2.24, 2.45) is 0 Å². The zero-order valence-electron chi connectivity index (χ0n) is 9.93. The van der Waals surface area contributed by atoms with E-state index in [1.54, 1.807) is 6.92 Å². The van der Waals surface area contributed by atoms with E-state index in [1.165, 1.54) is 0 Å². The van der Waals surface area contributed by atoms with Crippen LogP contribution >= 0.6 is 0 Å². The van der Waals surface area contributed by atoms with E-state index >= 15 is 0 Å². The van der Waals surface area contributed by atoms with Gasteiger partial charge in [-0.3, -0.25) is 4.79 Å². The lowest BCUT2D eigenvalue weighted by Gasteiger charge is -2.08. The fourth-order valence-corrected chi connectivity index (χ4v) is 1.15. The van der Waals surface area contributed by atoms with E-state index in [0.717, 1.165) is 0 Å². The molecular weight excluding hydrogens is 265 g/mol. The van der Waals surface area contributed by atoms with Crippen LogP contribution in [-0.4, -0.2) is 25.2 Å². The SMILES string of the molecule is CCOC(=O)CNC(=O)Nc1cc(F)c(F)cc1F. The molecule has 0 radical (unpaired) electrons. The number of ether oxygens (including phenoxy) is 1. The number of hydrogen-bond donors (Lipinski definition) is 2. The van der Waals surface area contributed by atoms with Gasteiger partial charge < -0.3 is 15.4 Å². The van der Waals surface area contributed by atoms with E-state index in [2.05, 4.69) is 10.1 Å². The molecule has 2 amide bonds. The Balaban J connectivity index is 2.58. The number of carbonyl (C=O) groups excluding carboxylic acids is 2. The van der Waals surface area contributed by atoms with Gasteiger partial charge in [0, 0.05) is 12.1 Å². The molecule has 0 unspecified atom stereocenters. The van der Waals surface area contributed by atoms with E-state index in [-0.39, 0.29) is 6.61 Å². The molecule has 0 aromatic heterocycles. The van der Waals surface area contributed by atoms with Crippen LogP contribution in [0.3, 0.4) is 0 Å². The highest BCUT2D eigenvalue weighted by Gasteiger charge is 2.12. The van der Waals surface area contributed by atoms with Gasteiger partial charge in [0.25, 0.3) is 0 Å². The second kappa shape index (κ2) is 6.62. The first-order valence-corrected chi connectivity index (χ1v) is 5.29. The van der Waals surface area contributed by atoms with Gasteiger partial charge in [-0.1, -0.05) is 0 Å². The molecule has 5 nitrogen and oxygen atoms in total. The number of halogens is 3. The monoisotopic (exact) mass is 276 g/mol. The maximum Gasteiger partial charge on any atom is 0.325 e. The lowest BCUT2D eigenvalue weighted by molar-refractivity contribution is -0.141. The molecule has 0 fully saturated rings. The second-order valence-corrected chi connectivity index (χ2v) is 3.36. The zero-order chi connectivity index (χ0) is 14.4. The van der Waals surface area contributed by atoms with Crippen molar-refractivity contribution in [2.75, 3.05) is 18.5 Å². The van der Waals surface area contributed by atoms with Crippen LogP contribution < -0.4 is 10.6 Å². The Hall–Kier alpha value is -2.25. The molecule has 0 heterocycles. The molecule has 0 atom stereocenters. The summed E-state index contributed by atoms with van der Waals surface area (Å²) in [6.45, 7) is 1.32. The minimum Gasteiger partial charge on any atom is -0.465 e. The number of benzene rings is 1. The largest absolute Gasteiger partial charge is 0.465 e. The number of anilines is 1. The van der Waals surface area contributed by atoms with Crippen LogP contribution in [0, 0.1) is 17.5 Å². The van der Waals surface area contributed by atoms with Gasteiger partial charge in [-0.15, -0.1) is 0 Å². The first-order valence-electron chi connectivity index (χ1n) is 5.29. The van der Waals surface area contributed by atoms with Gasteiger partial charge in [0.15, 0.2) is 11.6 Å². The number of esters is 1. The molecule has 104 valence electrons. The number of nitrogens with one attached hydrogen (secondary N) is 2. The lowest BCUT2D eigenvalue weighted by Crippen LogP contribution is -2.34. The van der Waals surface area contributed by atoms with Gasteiger partial charge in [-0.2, -0.15) is 0 Å². The Kier molecular flexibility index (Phi) is 5.16. The maximum atomic E-state index is 13.2. The van der Waals surface area contributed by atoms with Crippen molar-refractivity contribution in [3.05, 3.63) is 29.6 Å². The van der Waals surface area contributed by atoms with Crippen LogP contribution in [-0.2, 0) is 9.53 Å². The highest BCUT2D eigenvalue weighted by molar-refractivity contribution is 5.91. The standard InChI is InChI=1S/C11H11F3N2O3/c1-2-19-10(17)5-15-11(18)16-9-4-7(13)6(12)3-8(9)14/h3-4H,2,5H2,1H3,(H2,15,16,18). The van der Waals surface area contributed by atoms with Crippen LogP contribution in [0.4, 0.5) is 23.7 Å². The average molecular weight is 276 g/mol. The first kappa shape index (κ1) is 14.8. The summed E-state index contributed by atoms with van der Waals surface area (Å²) in [6.07, 6.45) is 0. The number of urea groups is 1. The number of amides is 2. The van der Waals surface area contributed by atoms with Crippen molar-refractivity contribution in [3.8, 4) is 0 Å². The topological polar surface area (TPSA) is 67.4 Å². The van der Waals surface area contributed by atoms with E-state index in [1.807, 2.05) is 5.32 Å². The van der Waals surface area contributed by atoms with Crippen LogP contribution in [0.15, 0.2) is 12.1 Å². The molecular formula is C11H11F3N2O3. The lowest BCUT2D eigenvalue weighted by atomic mass is 10.3. The first-order chi connectivity index (χ1) is 8.93. The number of rotatable bonds is 4. The van der Waals surface area contributed by atoms with Gasteiger partial charge >= 0.3 is 12.0 Å². The summed E-state index contributed by atoms with van der Waals surface area (Å²) < 4.78 is 43.2. The van der Waals surface area contributed by atoms with Gasteiger partial charge in [-0.25, -0.2) is 18.0 Å². The third-order valence-electron chi connectivity index (χ3n) is 1.96. The van der Waals surface area contributed by atoms with Gasteiger partial charge in [0.2, 0.25) is 0 Å². The van der Waals surface area contributed by atoms with Crippen molar-refractivity contribution in [1.29, 1.82) is 0 Å². The van der Waals surface area contributed by atoms with Crippen molar-refractivity contribution >= 4 is 17.7 Å². The van der Waals surface area contributed by atoms with Crippen molar-refractivity contribution in [2.45, 2.75) is 6.92 Å². The highest BCUT2D eigenvalue weighted by Crippen LogP contribution is 2.18. The van der Waals surface area contributed by atoms with E-state index in [4.69, 9.17) is 0 Å². The minimum absolute atomic E-state index is 0.153. The highest BCUT2D eigenvalue weighted by atomic mass is 19.2. The molecule has 0 spiro atoms. The van der Waals surface area contributed by atoms with Gasteiger partial charge in [0.05, 0.1) is 12.3 Å². The fourth-order valence-electron chi connectivity index (χ4n) is 1.15. The van der Waals surface area contributed by atoms with Crippen molar-refractivity contribution in [1.82, 2.24) is 5.32 Å². The molecule has 0 bridgehead atoms. The molecule has 1 rings (SSSR count). The summed E-state index contributed by atoms with van der Waals surface area (Å²) in [7, 11) is 0. The van der Waals surface area contributed by atoms with Crippen LogP contribution in [0.1, 0.15) is 6.92 Å². The summed E-state index contributed by atoms with van der Waals surface area (Å²) in [5.74, 6) is -4.48. The Morgan fingerprint density at radius 3 is 2.42 bits per heavy atom. The van der Waals surface area contributed by atoms with Crippen LogP contribution in [0.25, 0.3) is 0 Å². The molecule has 0 saturated carbocycles. The van der Waals surface area contributed by atoms with Gasteiger partial charge in [-0.05, 0) is 6.92 Å². The summed E-state index contributed by atoms with van der Waals surface area (Å²) in [4.78, 5) is 22.2. The molecule has 1 aromatic carbocycles. The molecule has 0 aliphatic rings. The number of hydrogen-bond acceptors (Lipinski definition) is 3. The van der Waals surface area contributed by atoms with Crippen molar-refractivity contribution in [3.63, 3.8) is 0 Å². The van der Waals surface area contributed by atoms with E-state index < -0.39 is 41.7 Å². The summed E-state index contributed by atoms with van der Waals surface area (Å²) in [6, 6.07) is -0.150. The predicted octanol–water partition coefficient (Wildman–Crippen LogP) is 1.79. The van der Waals surface area contributed by atoms with Crippen molar-refractivity contribution < 1.29 is 27.5 Å². The third-order valence-corrected chi connectivity index (χ3v) is 1.96. The zero-order valence-corrected chi connectivity index (χ0v) is 9.93. The Labute approximate surface area is 106 Å². The third kappa shape index (κ3) is 4.49. The molecule has 19 heavy (non-hydrogen) atoms. The van der Waals surface area contributed by atoms with E-state index in [0.29, 0.717) is 12.1 Å². The fraction of sp³-hybridized carbons (Fsp3) is 0.273. The average Bonchev–Trinajstić information content (AvgIpc) is 2.34. The quantitative estimate of drug-likeness (QED) is 0.650. The molecule has 2 N–H and O–H groups in total. The predicted molar refractivity (Wildman–Crippen MR) is 60.0 cm³/mol. The molecule has 1 aromatic rings. The van der Waals surface area contributed by atoms with Crippen LogP contribution in [0.2, 0.25) is 0 Å². The summed E-state index contributed by atoms with van der Waals surface area (Å²) >= 11 is 0.